The summed E-state index contributed by atoms with van der Waals surface area (Å²) >= 11 is 0. The van der Waals surface area contributed by atoms with Gasteiger partial charge in [-0.1, -0.05) is 54.6 Å². The molecule has 4 aromatic carbocycles. The van der Waals surface area contributed by atoms with Crippen molar-refractivity contribution in [1.82, 2.24) is 5.32 Å². The van der Waals surface area contributed by atoms with Gasteiger partial charge in [-0.3, -0.25) is 0 Å². The number of piperidine rings is 1. The number of nitrogens with one attached hydrogen (secondary N) is 1. The van der Waals surface area contributed by atoms with Crippen LogP contribution in [-0.4, -0.2) is 39.2 Å². The van der Waals surface area contributed by atoms with Gasteiger partial charge in [0, 0.05) is 18.9 Å². The second-order valence-corrected chi connectivity index (χ2v) is 10.1. The summed E-state index contributed by atoms with van der Waals surface area (Å²) in [6.45, 7) is 4.57. The summed E-state index contributed by atoms with van der Waals surface area (Å²) in [5.41, 5.74) is 3.59. The summed E-state index contributed by atoms with van der Waals surface area (Å²) in [6.07, 6.45) is 2.02. The van der Waals surface area contributed by atoms with Gasteiger partial charge in [0.15, 0.2) is 11.5 Å². The molecule has 2 unspecified atom stereocenters. The van der Waals surface area contributed by atoms with Crippen molar-refractivity contribution in [2.24, 2.45) is 0 Å². The number of fused-ring (bicyclic) bond motifs is 2. The highest BCUT2D eigenvalue weighted by Gasteiger charge is 2.27. The molecular weight excluding hydrogens is 490 g/mol. The minimum atomic E-state index is 0.138. The van der Waals surface area contributed by atoms with Crippen LogP contribution in [0.25, 0.3) is 10.8 Å². The highest BCUT2D eigenvalue weighted by atomic mass is 16.7. The van der Waals surface area contributed by atoms with Gasteiger partial charge in [0.2, 0.25) is 6.79 Å². The van der Waals surface area contributed by atoms with E-state index < -0.39 is 0 Å². The Balaban J connectivity index is 0.949. The van der Waals surface area contributed by atoms with Crippen molar-refractivity contribution in [3.63, 3.8) is 0 Å². The number of benzene rings is 4. The van der Waals surface area contributed by atoms with Crippen molar-refractivity contribution in [3.05, 3.63) is 102 Å². The van der Waals surface area contributed by atoms with Crippen LogP contribution in [0.1, 0.15) is 35.4 Å². The van der Waals surface area contributed by atoms with Crippen molar-refractivity contribution in [3.8, 4) is 17.2 Å². The standard InChI is InChI=1S/C33H35NO5/c1-2-5-28-18-24(6-8-26(28)4-1)22-37-33-20-34-15-14-30(33)27-9-11-29(12-10-27)36-17-3-16-35-21-25-7-13-31-32(19-25)39-23-38-31/h1-2,4-13,18-19,30,33-34H,3,14-17,20-23H2. The van der Waals surface area contributed by atoms with E-state index in [1.54, 1.807) is 0 Å². The molecule has 1 saturated heterocycles. The van der Waals surface area contributed by atoms with E-state index in [4.69, 9.17) is 23.7 Å². The van der Waals surface area contributed by atoms with Gasteiger partial charge in [0.25, 0.3) is 0 Å². The predicted molar refractivity (Wildman–Crippen MR) is 152 cm³/mol. The van der Waals surface area contributed by atoms with Crippen LogP contribution in [0.5, 0.6) is 17.2 Å². The Kier molecular flexibility index (Phi) is 8.24. The van der Waals surface area contributed by atoms with Gasteiger partial charge in [0.1, 0.15) is 5.75 Å². The summed E-state index contributed by atoms with van der Waals surface area (Å²) in [4.78, 5) is 0. The van der Waals surface area contributed by atoms with Gasteiger partial charge >= 0.3 is 0 Å². The first-order chi connectivity index (χ1) is 19.3. The van der Waals surface area contributed by atoms with Crippen LogP contribution in [0.2, 0.25) is 0 Å². The van der Waals surface area contributed by atoms with Crippen molar-refractivity contribution < 1.29 is 23.7 Å². The van der Waals surface area contributed by atoms with E-state index in [2.05, 4.69) is 72.0 Å². The Bertz CT molecular complexity index is 1370. The van der Waals surface area contributed by atoms with Gasteiger partial charge in [0.05, 0.1) is 32.5 Å². The molecular formula is C33H35NO5. The van der Waals surface area contributed by atoms with E-state index in [0.717, 1.165) is 48.7 Å². The van der Waals surface area contributed by atoms with Gasteiger partial charge in [-0.05, 0) is 70.8 Å². The molecule has 0 radical (unpaired) electrons. The molecule has 202 valence electrons. The fourth-order valence-electron chi connectivity index (χ4n) is 5.30. The lowest BCUT2D eigenvalue weighted by atomic mass is 9.87. The first-order valence-electron chi connectivity index (χ1n) is 13.8. The smallest absolute Gasteiger partial charge is 0.231 e. The first-order valence-corrected chi connectivity index (χ1v) is 13.8. The average molecular weight is 526 g/mol. The van der Waals surface area contributed by atoms with Crippen LogP contribution in [0.4, 0.5) is 0 Å². The number of ether oxygens (including phenoxy) is 5. The van der Waals surface area contributed by atoms with Crippen LogP contribution in [-0.2, 0) is 22.7 Å². The Morgan fingerprint density at radius 2 is 1.59 bits per heavy atom. The molecule has 2 aliphatic heterocycles. The van der Waals surface area contributed by atoms with Crippen LogP contribution in [0, 0.1) is 0 Å². The summed E-state index contributed by atoms with van der Waals surface area (Å²) in [5, 5.41) is 6.02. The lowest BCUT2D eigenvalue weighted by molar-refractivity contribution is 0.0106. The molecule has 1 fully saturated rings. The maximum atomic E-state index is 6.45. The minimum Gasteiger partial charge on any atom is -0.494 e. The fourth-order valence-corrected chi connectivity index (χ4v) is 5.30. The quantitative estimate of drug-likeness (QED) is 0.235. The largest absolute Gasteiger partial charge is 0.494 e. The zero-order valence-electron chi connectivity index (χ0n) is 22.1. The van der Waals surface area contributed by atoms with E-state index >= 15 is 0 Å². The third kappa shape index (κ3) is 6.53. The van der Waals surface area contributed by atoms with Gasteiger partial charge in [-0.15, -0.1) is 0 Å². The molecule has 6 nitrogen and oxygen atoms in total. The molecule has 0 aliphatic carbocycles. The molecule has 39 heavy (non-hydrogen) atoms. The second-order valence-electron chi connectivity index (χ2n) is 10.1. The molecule has 0 spiro atoms. The highest BCUT2D eigenvalue weighted by molar-refractivity contribution is 5.82. The number of hydrogen-bond acceptors (Lipinski definition) is 6. The van der Waals surface area contributed by atoms with Crippen molar-refractivity contribution >= 4 is 10.8 Å². The molecule has 0 saturated carbocycles. The van der Waals surface area contributed by atoms with Gasteiger partial charge in [-0.2, -0.15) is 0 Å². The summed E-state index contributed by atoms with van der Waals surface area (Å²) in [7, 11) is 0. The normalized spacial score (nSPS) is 18.4. The first kappa shape index (κ1) is 25.7. The van der Waals surface area contributed by atoms with Crippen molar-refractivity contribution in [1.29, 1.82) is 0 Å². The third-order valence-corrected chi connectivity index (χ3v) is 7.42. The number of hydrogen-bond donors (Lipinski definition) is 1. The molecule has 0 aromatic heterocycles. The third-order valence-electron chi connectivity index (χ3n) is 7.42. The Hall–Kier alpha value is -3.58. The molecule has 1 N–H and O–H groups in total. The maximum Gasteiger partial charge on any atom is 0.231 e. The van der Waals surface area contributed by atoms with Crippen LogP contribution in [0.3, 0.4) is 0 Å². The van der Waals surface area contributed by atoms with E-state index in [9.17, 15) is 0 Å². The highest BCUT2D eigenvalue weighted by Crippen LogP contribution is 2.33. The molecule has 6 rings (SSSR count). The summed E-state index contributed by atoms with van der Waals surface area (Å²) in [5.74, 6) is 2.83. The minimum absolute atomic E-state index is 0.138. The lowest BCUT2D eigenvalue weighted by Crippen LogP contribution is -2.40. The van der Waals surface area contributed by atoms with E-state index in [-0.39, 0.29) is 12.9 Å². The molecule has 4 aromatic rings. The average Bonchev–Trinajstić information content (AvgIpc) is 3.46. The Labute approximate surface area is 229 Å². The molecule has 0 amide bonds. The second kappa shape index (κ2) is 12.5. The topological polar surface area (TPSA) is 58.2 Å². The van der Waals surface area contributed by atoms with E-state index in [1.807, 2.05) is 18.2 Å². The molecule has 0 bridgehead atoms. The van der Waals surface area contributed by atoms with E-state index in [1.165, 1.54) is 21.9 Å². The van der Waals surface area contributed by atoms with Crippen molar-refractivity contribution in [2.45, 2.75) is 38.1 Å². The molecule has 2 aliphatic rings. The zero-order valence-corrected chi connectivity index (χ0v) is 22.1. The fraction of sp³-hybridized carbons (Fsp3) is 0.333. The zero-order chi connectivity index (χ0) is 26.3. The molecule has 2 heterocycles. The lowest BCUT2D eigenvalue weighted by Gasteiger charge is -2.32. The molecule has 2 atom stereocenters. The SMILES string of the molecule is c1ccc2cc(COC3CNCCC3c3ccc(OCCCOCc4ccc5c(c4)OCO5)cc3)ccc2c1. The Morgan fingerprint density at radius 3 is 2.51 bits per heavy atom. The van der Waals surface area contributed by atoms with Crippen LogP contribution >= 0.6 is 0 Å². The predicted octanol–water partition coefficient (Wildman–Crippen LogP) is 6.22. The number of rotatable bonds is 11. The monoisotopic (exact) mass is 525 g/mol. The summed E-state index contributed by atoms with van der Waals surface area (Å²) < 4.78 is 29.0. The maximum absolute atomic E-state index is 6.45. The van der Waals surface area contributed by atoms with Gasteiger partial charge < -0.3 is 29.0 Å². The van der Waals surface area contributed by atoms with Crippen LogP contribution < -0.4 is 19.5 Å². The van der Waals surface area contributed by atoms with Gasteiger partial charge in [-0.25, -0.2) is 0 Å². The summed E-state index contributed by atoms with van der Waals surface area (Å²) in [6, 6.07) is 29.5. The van der Waals surface area contributed by atoms with Crippen LogP contribution in [0.15, 0.2) is 84.9 Å². The Morgan fingerprint density at radius 1 is 0.769 bits per heavy atom. The molecule has 6 heteroatoms. The van der Waals surface area contributed by atoms with E-state index in [0.29, 0.717) is 32.3 Å². The van der Waals surface area contributed by atoms with Crippen molar-refractivity contribution in [2.75, 3.05) is 33.1 Å².